The molecule has 0 amide bonds. The van der Waals surface area contributed by atoms with E-state index in [2.05, 4.69) is 4.98 Å². The minimum Gasteiger partial charge on any atom is -0.496 e. The molecule has 0 aliphatic heterocycles. The summed E-state index contributed by atoms with van der Waals surface area (Å²) in [5.74, 6) is -0.157. The van der Waals surface area contributed by atoms with E-state index in [0.29, 0.717) is 22.4 Å². The number of aromatic nitrogens is 2. The van der Waals surface area contributed by atoms with E-state index in [4.69, 9.17) is 14.6 Å². The highest BCUT2D eigenvalue weighted by molar-refractivity contribution is 5.96. The Kier molecular flexibility index (Phi) is 4.94. The van der Waals surface area contributed by atoms with Crippen LogP contribution >= 0.6 is 0 Å². The number of pyridine rings is 2. The fraction of sp³-hybridized carbons (Fsp3) is 0.150. The summed E-state index contributed by atoms with van der Waals surface area (Å²) in [5.41, 5.74) is 1.95. The Morgan fingerprint density at radius 2 is 1.85 bits per heavy atom. The number of hydrogen-bond donors (Lipinski definition) is 1. The lowest BCUT2D eigenvalue weighted by Gasteiger charge is -2.15. The topological polar surface area (TPSA) is 90.7 Å². The summed E-state index contributed by atoms with van der Waals surface area (Å²) < 4.78 is 12.4. The van der Waals surface area contributed by atoms with Gasteiger partial charge in [0.2, 0.25) is 0 Å². The van der Waals surface area contributed by atoms with Gasteiger partial charge in [0.25, 0.3) is 5.56 Å². The van der Waals surface area contributed by atoms with Crippen molar-refractivity contribution in [1.82, 2.24) is 9.55 Å². The molecule has 0 radical (unpaired) electrons. The van der Waals surface area contributed by atoms with Gasteiger partial charge in [-0.05, 0) is 35.2 Å². The fourth-order valence-electron chi connectivity index (χ4n) is 2.95. The smallest absolute Gasteiger partial charge is 0.328 e. The van der Waals surface area contributed by atoms with E-state index in [1.54, 1.807) is 43.8 Å². The van der Waals surface area contributed by atoms with Crippen molar-refractivity contribution in [3.05, 3.63) is 58.8 Å². The van der Waals surface area contributed by atoms with Gasteiger partial charge in [0.05, 0.1) is 25.2 Å². The average Bonchev–Trinajstić information content (AvgIpc) is 2.68. The first-order chi connectivity index (χ1) is 13.0. The first-order valence-corrected chi connectivity index (χ1v) is 8.07. The third-order valence-corrected chi connectivity index (χ3v) is 4.23. The van der Waals surface area contributed by atoms with Crippen LogP contribution in [-0.4, -0.2) is 34.8 Å². The average molecular weight is 366 g/mol. The second kappa shape index (κ2) is 7.33. The van der Waals surface area contributed by atoms with Crippen LogP contribution in [0.2, 0.25) is 0 Å². The number of nitrogens with zero attached hydrogens (tertiary/aromatic N) is 2. The van der Waals surface area contributed by atoms with E-state index >= 15 is 0 Å². The van der Waals surface area contributed by atoms with E-state index < -0.39 is 5.97 Å². The summed E-state index contributed by atoms with van der Waals surface area (Å²) in [6.45, 7) is 0. The van der Waals surface area contributed by atoms with Crippen LogP contribution in [0.5, 0.6) is 11.5 Å². The van der Waals surface area contributed by atoms with Gasteiger partial charge >= 0.3 is 5.97 Å². The van der Waals surface area contributed by atoms with Crippen LogP contribution in [0.3, 0.4) is 0 Å². The molecule has 0 saturated carbocycles. The summed E-state index contributed by atoms with van der Waals surface area (Å²) in [4.78, 5) is 27.3. The molecule has 0 aliphatic carbocycles. The lowest BCUT2D eigenvalue weighted by Crippen LogP contribution is -2.16. The molecule has 0 bridgehead atoms. The maximum Gasteiger partial charge on any atom is 0.328 e. The van der Waals surface area contributed by atoms with Crippen LogP contribution in [-0.2, 0) is 11.8 Å². The summed E-state index contributed by atoms with van der Waals surface area (Å²) in [6, 6.07) is 5.34. The highest BCUT2D eigenvalue weighted by atomic mass is 16.5. The van der Waals surface area contributed by atoms with E-state index in [1.807, 2.05) is 0 Å². The number of carboxylic acids is 1. The first kappa shape index (κ1) is 18.2. The first-order valence-electron chi connectivity index (χ1n) is 8.07. The van der Waals surface area contributed by atoms with E-state index in [9.17, 15) is 9.59 Å². The lowest BCUT2D eigenvalue weighted by molar-refractivity contribution is -0.131. The molecule has 1 N–H and O–H groups in total. The molecule has 2 aromatic heterocycles. The van der Waals surface area contributed by atoms with Crippen molar-refractivity contribution in [2.24, 2.45) is 7.05 Å². The van der Waals surface area contributed by atoms with E-state index in [0.717, 1.165) is 22.6 Å². The number of fused-ring (bicyclic) bond motifs is 1. The largest absolute Gasteiger partial charge is 0.496 e. The Morgan fingerprint density at radius 1 is 1.19 bits per heavy atom. The van der Waals surface area contributed by atoms with Crippen LogP contribution in [0.1, 0.15) is 5.56 Å². The van der Waals surface area contributed by atoms with Crippen molar-refractivity contribution in [1.29, 1.82) is 0 Å². The molecule has 0 spiro atoms. The highest BCUT2D eigenvalue weighted by Crippen LogP contribution is 2.37. The number of hydrogen-bond acceptors (Lipinski definition) is 5. The number of benzene rings is 1. The minimum atomic E-state index is -1.07. The summed E-state index contributed by atoms with van der Waals surface area (Å²) in [5, 5.41) is 10.2. The molecule has 2 heterocycles. The van der Waals surface area contributed by atoms with Crippen LogP contribution in [0.15, 0.2) is 47.7 Å². The summed E-state index contributed by atoms with van der Waals surface area (Å²) in [7, 11) is 4.68. The summed E-state index contributed by atoms with van der Waals surface area (Å²) in [6.07, 6.45) is 7.36. The Bertz CT molecular complexity index is 1090. The zero-order valence-electron chi connectivity index (χ0n) is 15.1. The van der Waals surface area contributed by atoms with Crippen molar-refractivity contribution in [2.45, 2.75) is 0 Å². The van der Waals surface area contributed by atoms with Crippen molar-refractivity contribution < 1.29 is 19.4 Å². The molecular weight excluding hydrogens is 348 g/mol. The van der Waals surface area contributed by atoms with E-state index in [-0.39, 0.29) is 5.56 Å². The van der Waals surface area contributed by atoms with Crippen molar-refractivity contribution >= 4 is 22.8 Å². The van der Waals surface area contributed by atoms with Crippen LogP contribution < -0.4 is 15.0 Å². The number of carbonyl (C=O) groups is 1. The maximum absolute atomic E-state index is 12.4. The molecule has 7 nitrogen and oxygen atoms in total. The quantitative estimate of drug-likeness (QED) is 0.698. The van der Waals surface area contributed by atoms with Crippen LogP contribution in [0, 0.1) is 0 Å². The van der Waals surface area contributed by atoms with Crippen LogP contribution in [0.4, 0.5) is 0 Å². The van der Waals surface area contributed by atoms with Gasteiger partial charge in [-0.1, -0.05) is 0 Å². The van der Waals surface area contributed by atoms with Crippen LogP contribution in [0.25, 0.3) is 28.0 Å². The number of carboxylic acid groups (broad SMARTS) is 1. The second-order valence-electron chi connectivity index (χ2n) is 5.85. The monoisotopic (exact) mass is 366 g/mol. The van der Waals surface area contributed by atoms with Gasteiger partial charge in [-0.25, -0.2) is 4.79 Å². The maximum atomic E-state index is 12.4. The molecule has 0 fully saturated rings. The van der Waals surface area contributed by atoms with Crippen molar-refractivity contribution in [3.8, 4) is 22.6 Å². The number of methoxy groups -OCH3 is 2. The molecule has 0 unspecified atom stereocenters. The molecule has 0 atom stereocenters. The number of rotatable bonds is 5. The molecule has 0 aliphatic rings. The Morgan fingerprint density at radius 3 is 2.44 bits per heavy atom. The van der Waals surface area contributed by atoms with Gasteiger partial charge in [-0.2, -0.15) is 0 Å². The lowest BCUT2D eigenvalue weighted by atomic mass is 9.99. The Hall–Kier alpha value is -3.61. The number of aryl methyl sites for hydroxylation is 1. The van der Waals surface area contributed by atoms with Gasteiger partial charge in [-0.15, -0.1) is 0 Å². The molecule has 3 rings (SSSR count). The Labute approximate surface area is 155 Å². The predicted molar refractivity (Wildman–Crippen MR) is 102 cm³/mol. The zero-order chi connectivity index (χ0) is 19.6. The highest BCUT2D eigenvalue weighted by Gasteiger charge is 2.15. The normalized spacial score (nSPS) is 11.1. The fourth-order valence-corrected chi connectivity index (χ4v) is 2.95. The second-order valence-corrected chi connectivity index (χ2v) is 5.85. The van der Waals surface area contributed by atoms with Gasteiger partial charge in [0.15, 0.2) is 0 Å². The van der Waals surface area contributed by atoms with Gasteiger partial charge in [0, 0.05) is 37.3 Å². The molecule has 27 heavy (non-hydrogen) atoms. The summed E-state index contributed by atoms with van der Waals surface area (Å²) >= 11 is 0. The minimum absolute atomic E-state index is 0.137. The SMILES string of the molecule is COc1cc(-c2cn(C)c(=O)c3cnccc23)cc(OC)c1/C=C/C(=O)O. The molecular formula is C20H18N2O5. The standard InChI is InChI=1S/C20H18N2O5/c1-22-11-16(13-6-7-21-10-15(13)20(22)25)12-8-17(26-2)14(4-5-19(23)24)18(9-12)27-3/h4-11H,1-3H3,(H,23,24)/b5-4+. The molecule has 3 aromatic rings. The third kappa shape index (κ3) is 3.39. The zero-order valence-corrected chi connectivity index (χ0v) is 15.1. The predicted octanol–water partition coefficient (Wildman–Crippen LogP) is 2.72. The molecule has 1 aromatic carbocycles. The number of ether oxygens (including phenoxy) is 2. The van der Waals surface area contributed by atoms with Gasteiger partial charge < -0.3 is 19.1 Å². The Balaban J connectivity index is 2.31. The molecule has 138 valence electrons. The van der Waals surface area contributed by atoms with Crippen molar-refractivity contribution in [3.63, 3.8) is 0 Å². The molecule has 7 heteroatoms. The third-order valence-electron chi connectivity index (χ3n) is 4.23. The van der Waals surface area contributed by atoms with Crippen molar-refractivity contribution in [2.75, 3.05) is 14.2 Å². The van der Waals surface area contributed by atoms with Gasteiger partial charge in [-0.3, -0.25) is 9.78 Å². The van der Waals surface area contributed by atoms with Gasteiger partial charge in [0.1, 0.15) is 11.5 Å². The van der Waals surface area contributed by atoms with E-state index in [1.165, 1.54) is 24.9 Å². The molecule has 0 saturated heterocycles. The number of aliphatic carboxylic acids is 1.